The fourth-order valence-corrected chi connectivity index (χ4v) is 2.16. The molecule has 0 amide bonds. The van der Waals surface area contributed by atoms with Crippen LogP contribution in [0.5, 0.6) is 0 Å². The zero-order valence-electron chi connectivity index (χ0n) is 11.0. The summed E-state index contributed by atoms with van der Waals surface area (Å²) in [4.78, 5) is 0. The number of nitrogens with zero attached hydrogens (tertiary/aromatic N) is 2. The molecule has 0 radical (unpaired) electrons. The molecule has 1 atom stereocenters. The van der Waals surface area contributed by atoms with E-state index in [1.54, 1.807) is 0 Å². The van der Waals surface area contributed by atoms with E-state index in [-0.39, 0.29) is 6.04 Å². The minimum atomic E-state index is 0.00961. The van der Waals surface area contributed by atoms with Crippen molar-refractivity contribution in [3.63, 3.8) is 0 Å². The molecule has 3 N–H and O–H groups in total. The summed E-state index contributed by atoms with van der Waals surface area (Å²) in [5.74, 6) is 5.68. The normalized spacial score (nSPS) is 12.4. The van der Waals surface area contributed by atoms with Gasteiger partial charge in [-0.3, -0.25) is 11.3 Å². The quantitative estimate of drug-likeness (QED) is 0.665. The van der Waals surface area contributed by atoms with Crippen LogP contribution in [0.15, 0.2) is 30.3 Å². The average Bonchev–Trinajstić information content (AvgIpc) is 2.41. The van der Waals surface area contributed by atoms with Gasteiger partial charge in [-0.05, 0) is 49.6 Å². The first-order valence-corrected chi connectivity index (χ1v) is 6.49. The maximum absolute atomic E-state index is 5.89. The van der Waals surface area contributed by atoms with Crippen LogP contribution in [0, 0.1) is 13.8 Å². The molecule has 5 heteroatoms. The summed E-state index contributed by atoms with van der Waals surface area (Å²) < 4.78 is 0. The molecular formula is C14H17ClN4. The largest absolute Gasteiger partial charge is 0.271 e. The van der Waals surface area contributed by atoms with Crippen LogP contribution in [0.2, 0.25) is 5.02 Å². The van der Waals surface area contributed by atoms with E-state index < -0.39 is 0 Å². The second-order valence-corrected chi connectivity index (χ2v) is 5.01. The molecule has 1 aromatic carbocycles. The molecule has 0 bridgehead atoms. The van der Waals surface area contributed by atoms with E-state index in [2.05, 4.69) is 15.6 Å². The summed E-state index contributed by atoms with van der Waals surface area (Å²) in [5.41, 5.74) is 6.87. The van der Waals surface area contributed by atoms with Gasteiger partial charge in [-0.2, -0.15) is 10.2 Å². The minimum absolute atomic E-state index is 0.00961. The van der Waals surface area contributed by atoms with Gasteiger partial charge < -0.3 is 0 Å². The fraction of sp³-hybridized carbons (Fsp3) is 0.286. The molecule has 1 aromatic heterocycles. The number of aryl methyl sites for hydroxylation is 2. The standard InChI is InChI=1S/C14H17ClN4/c1-9-7-13(10(2)19-18-9)14(17-16)8-11-3-5-12(15)6-4-11/h3-7,14,17H,8,16H2,1-2H3. The van der Waals surface area contributed by atoms with Crippen LogP contribution in [0.4, 0.5) is 0 Å². The Morgan fingerprint density at radius 3 is 2.53 bits per heavy atom. The Bertz CT molecular complexity index is 554. The van der Waals surface area contributed by atoms with E-state index >= 15 is 0 Å². The number of aromatic nitrogens is 2. The van der Waals surface area contributed by atoms with Gasteiger partial charge in [0.2, 0.25) is 0 Å². The second kappa shape index (κ2) is 6.10. The summed E-state index contributed by atoms with van der Waals surface area (Å²) in [5, 5.41) is 8.91. The second-order valence-electron chi connectivity index (χ2n) is 4.58. The van der Waals surface area contributed by atoms with Crippen LogP contribution in [0.25, 0.3) is 0 Å². The fourth-order valence-electron chi connectivity index (χ4n) is 2.04. The van der Waals surface area contributed by atoms with Crippen LogP contribution in [0.1, 0.15) is 28.6 Å². The van der Waals surface area contributed by atoms with Gasteiger partial charge in [0, 0.05) is 5.02 Å². The number of hydrogen-bond donors (Lipinski definition) is 2. The Hall–Kier alpha value is -1.49. The summed E-state index contributed by atoms with van der Waals surface area (Å²) >= 11 is 5.89. The van der Waals surface area contributed by atoms with Crippen molar-refractivity contribution in [3.8, 4) is 0 Å². The molecule has 19 heavy (non-hydrogen) atoms. The molecule has 0 aliphatic rings. The van der Waals surface area contributed by atoms with E-state index in [1.807, 2.05) is 44.2 Å². The molecule has 4 nitrogen and oxygen atoms in total. The lowest BCUT2D eigenvalue weighted by Gasteiger charge is -2.18. The highest BCUT2D eigenvalue weighted by Gasteiger charge is 2.14. The number of halogens is 1. The molecule has 1 heterocycles. The Morgan fingerprint density at radius 2 is 1.89 bits per heavy atom. The highest BCUT2D eigenvalue weighted by molar-refractivity contribution is 6.30. The van der Waals surface area contributed by atoms with E-state index in [1.165, 1.54) is 5.56 Å². The van der Waals surface area contributed by atoms with E-state index in [9.17, 15) is 0 Å². The van der Waals surface area contributed by atoms with Crippen LogP contribution in [-0.4, -0.2) is 10.2 Å². The van der Waals surface area contributed by atoms with E-state index in [0.29, 0.717) is 0 Å². The van der Waals surface area contributed by atoms with Gasteiger partial charge in [0.15, 0.2) is 0 Å². The third-order valence-electron chi connectivity index (χ3n) is 3.07. The molecule has 100 valence electrons. The molecular weight excluding hydrogens is 260 g/mol. The molecule has 0 saturated heterocycles. The van der Waals surface area contributed by atoms with Crippen LogP contribution < -0.4 is 11.3 Å². The Kier molecular flexibility index (Phi) is 4.47. The first-order chi connectivity index (χ1) is 9.10. The van der Waals surface area contributed by atoms with Gasteiger partial charge in [0.1, 0.15) is 0 Å². The van der Waals surface area contributed by atoms with Crippen molar-refractivity contribution >= 4 is 11.6 Å². The highest BCUT2D eigenvalue weighted by Crippen LogP contribution is 2.21. The highest BCUT2D eigenvalue weighted by atomic mass is 35.5. The topological polar surface area (TPSA) is 63.8 Å². The number of hydrazine groups is 1. The van der Waals surface area contributed by atoms with Crippen molar-refractivity contribution in [2.75, 3.05) is 0 Å². The lowest BCUT2D eigenvalue weighted by atomic mass is 9.98. The molecule has 2 rings (SSSR count). The van der Waals surface area contributed by atoms with Crippen molar-refractivity contribution in [2.45, 2.75) is 26.3 Å². The zero-order valence-corrected chi connectivity index (χ0v) is 11.8. The third kappa shape index (κ3) is 3.50. The monoisotopic (exact) mass is 276 g/mol. The SMILES string of the molecule is Cc1cc(C(Cc2ccc(Cl)cc2)NN)c(C)nn1. The Morgan fingerprint density at radius 1 is 1.21 bits per heavy atom. The predicted octanol–water partition coefficient (Wildman–Crippen LogP) is 2.49. The summed E-state index contributed by atoms with van der Waals surface area (Å²) in [6, 6.07) is 9.80. The third-order valence-corrected chi connectivity index (χ3v) is 3.32. The molecule has 0 aliphatic heterocycles. The lowest BCUT2D eigenvalue weighted by Crippen LogP contribution is -2.30. The Labute approximate surface area is 118 Å². The summed E-state index contributed by atoms with van der Waals surface area (Å²) in [6.45, 7) is 3.86. The minimum Gasteiger partial charge on any atom is -0.271 e. The van der Waals surface area contributed by atoms with Crippen molar-refractivity contribution < 1.29 is 0 Å². The molecule has 0 saturated carbocycles. The van der Waals surface area contributed by atoms with Gasteiger partial charge in [-0.25, -0.2) is 0 Å². The Balaban J connectivity index is 2.24. The van der Waals surface area contributed by atoms with Crippen LogP contribution in [-0.2, 0) is 6.42 Å². The number of nitrogens with one attached hydrogen (secondary N) is 1. The number of hydrogen-bond acceptors (Lipinski definition) is 4. The molecule has 0 aliphatic carbocycles. The molecule has 2 aromatic rings. The smallest absolute Gasteiger partial charge is 0.0648 e. The van der Waals surface area contributed by atoms with Crippen molar-refractivity contribution in [1.82, 2.24) is 15.6 Å². The van der Waals surface area contributed by atoms with Gasteiger partial charge in [-0.15, -0.1) is 0 Å². The van der Waals surface area contributed by atoms with E-state index in [0.717, 1.165) is 28.4 Å². The van der Waals surface area contributed by atoms with Gasteiger partial charge >= 0.3 is 0 Å². The van der Waals surface area contributed by atoms with Crippen molar-refractivity contribution in [2.24, 2.45) is 5.84 Å². The number of rotatable bonds is 4. The molecule has 1 unspecified atom stereocenters. The van der Waals surface area contributed by atoms with Crippen molar-refractivity contribution in [3.05, 3.63) is 57.9 Å². The van der Waals surface area contributed by atoms with E-state index in [4.69, 9.17) is 17.4 Å². The zero-order chi connectivity index (χ0) is 13.8. The molecule has 0 spiro atoms. The van der Waals surface area contributed by atoms with Gasteiger partial charge in [0.25, 0.3) is 0 Å². The van der Waals surface area contributed by atoms with Gasteiger partial charge in [0.05, 0.1) is 17.4 Å². The average molecular weight is 277 g/mol. The maximum atomic E-state index is 5.89. The summed E-state index contributed by atoms with van der Waals surface area (Å²) in [7, 11) is 0. The van der Waals surface area contributed by atoms with Gasteiger partial charge in [-0.1, -0.05) is 23.7 Å². The van der Waals surface area contributed by atoms with Crippen molar-refractivity contribution in [1.29, 1.82) is 0 Å². The van der Waals surface area contributed by atoms with Crippen LogP contribution >= 0.6 is 11.6 Å². The van der Waals surface area contributed by atoms with Crippen LogP contribution in [0.3, 0.4) is 0 Å². The predicted molar refractivity (Wildman–Crippen MR) is 76.7 cm³/mol. The number of nitrogens with two attached hydrogens (primary N) is 1. The number of benzene rings is 1. The molecule has 0 fully saturated rings. The first-order valence-electron chi connectivity index (χ1n) is 6.11. The first kappa shape index (κ1) is 13.9. The lowest BCUT2D eigenvalue weighted by molar-refractivity contribution is 0.544. The maximum Gasteiger partial charge on any atom is 0.0648 e. The summed E-state index contributed by atoms with van der Waals surface area (Å²) in [6.07, 6.45) is 0.777.